The molecule has 0 amide bonds. The number of rotatable bonds is 0. The summed E-state index contributed by atoms with van der Waals surface area (Å²) in [7, 11) is 0. The van der Waals surface area contributed by atoms with E-state index < -0.39 is 0 Å². The van der Waals surface area contributed by atoms with Crippen LogP contribution < -0.4 is 0 Å². The minimum atomic E-state index is 0. The first-order valence-electron chi connectivity index (χ1n) is 11.6. The van der Waals surface area contributed by atoms with Crippen molar-refractivity contribution in [3.63, 3.8) is 0 Å². The van der Waals surface area contributed by atoms with Crippen molar-refractivity contribution in [1.82, 2.24) is 0 Å². The maximum atomic E-state index is 2.50. The first kappa shape index (κ1) is 37.4. The number of halogens is 2. The Balaban J connectivity index is -0.000000437. The molecule has 0 radical (unpaired) electrons. The quantitative estimate of drug-likeness (QED) is 0.199. The van der Waals surface area contributed by atoms with E-state index in [-0.39, 0.29) is 39.7 Å². The van der Waals surface area contributed by atoms with E-state index in [1.807, 2.05) is 6.88 Å². The number of allylic oxidation sites excluding steroid dienone is 4. The first-order valence-corrected chi connectivity index (χ1v) is 17.6. The summed E-state index contributed by atoms with van der Waals surface area (Å²) in [5.74, 6) is 3.33. The summed E-state index contributed by atoms with van der Waals surface area (Å²) in [6.45, 7) is 16.4. The van der Waals surface area contributed by atoms with E-state index in [9.17, 15) is 0 Å². The fraction of sp³-hybridized carbons (Fsp3) is 0.714. The second kappa shape index (κ2) is 16.5. The second-order valence-corrected chi connectivity index (χ2v) is 11.0. The SMILES string of the molecule is CC1[CH-]C2=CCCCC(C)(C)C2C1.CC1[CH-]C2=CCCCC(C)(C)C2C1.Cl.Cl.[CH3-].[CH3-].[SiH2]=[Zr]. The Kier molecular flexibility index (Phi) is 19.4. The predicted octanol–water partition coefficient (Wildman–Crippen LogP) is 8.79. The Morgan fingerprint density at radius 2 is 1.06 bits per heavy atom. The molecule has 0 bridgehead atoms. The molecule has 2 saturated carbocycles. The molecule has 0 spiro atoms. The zero-order valence-corrected chi connectivity index (χ0v) is 27.8. The fourth-order valence-electron chi connectivity index (χ4n) is 6.00. The molecule has 32 heavy (non-hydrogen) atoms. The fourth-order valence-corrected chi connectivity index (χ4v) is 6.00. The molecule has 4 unspecified atom stereocenters. The van der Waals surface area contributed by atoms with Crippen molar-refractivity contribution in [2.75, 3.05) is 0 Å². The van der Waals surface area contributed by atoms with Crippen molar-refractivity contribution < 1.29 is 23.3 Å². The van der Waals surface area contributed by atoms with Crippen LogP contribution >= 0.6 is 24.8 Å². The summed E-state index contributed by atoms with van der Waals surface area (Å²) >= 11 is 1.58. The molecule has 0 aromatic heterocycles. The van der Waals surface area contributed by atoms with Gasteiger partial charge < -0.3 is 14.9 Å². The molecule has 4 atom stereocenters. The molecule has 0 aromatic carbocycles. The van der Waals surface area contributed by atoms with Crippen molar-refractivity contribution in [2.45, 2.75) is 92.9 Å². The Morgan fingerprint density at radius 3 is 1.38 bits per heavy atom. The van der Waals surface area contributed by atoms with E-state index in [2.05, 4.69) is 66.5 Å². The summed E-state index contributed by atoms with van der Waals surface area (Å²) < 4.78 is 0. The topological polar surface area (TPSA) is 0 Å². The van der Waals surface area contributed by atoms with Crippen LogP contribution in [-0.2, 0) is 23.3 Å². The molecule has 0 aromatic rings. The second-order valence-electron chi connectivity index (χ2n) is 11.0. The maximum absolute atomic E-state index is 2.50. The molecule has 4 aliphatic carbocycles. The van der Waals surface area contributed by atoms with Crippen LogP contribution in [-0.4, -0.2) is 6.88 Å². The van der Waals surface area contributed by atoms with Crippen molar-refractivity contribution >= 4 is 31.7 Å². The van der Waals surface area contributed by atoms with Crippen molar-refractivity contribution in [1.29, 1.82) is 0 Å². The average Bonchev–Trinajstić information content (AvgIpc) is 3.14. The van der Waals surface area contributed by atoms with Gasteiger partial charge in [0.1, 0.15) is 0 Å². The van der Waals surface area contributed by atoms with E-state index in [4.69, 9.17) is 0 Å². The standard InChI is InChI=1S/2C13H21.2CH3.2ClH.H2Si.Zr/c2*1-10-8-11-6-4-5-7-13(2,3)12(11)9-10;;;;;;/h2*6,8,10,12H,4-5,7,9H2,1-3H3;2*1H3;2*1H;1H2;/q4*-1;;;;. The Hall–Kier alpha value is 0.900. The number of fused-ring (bicyclic) bond motifs is 2. The minimum absolute atomic E-state index is 0. The Labute approximate surface area is 232 Å². The van der Waals surface area contributed by atoms with Gasteiger partial charge in [0.2, 0.25) is 0 Å². The van der Waals surface area contributed by atoms with E-state index in [0.29, 0.717) is 10.8 Å². The van der Waals surface area contributed by atoms with Crippen molar-refractivity contribution in [2.24, 2.45) is 34.5 Å². The van der Waals surface area contributed by atoms with Gasteiger partial charge in [0.15, 0.2) is 0 Å². The van der Waals surface area contributed by atoms with Crippen LogP contribution in [0.25, 0.3) is 0 Å². The van der Waals surface area contributed by atoms with Gasteiger partial charge in [-0.1, -0.05) is 79.1 Å². The van der Waals surface area contributed by atoms with Gasteiger partial charge in [-0.05, 0) is 35.5 Å². The molecule has 0 aliphatic heterocycles. The van der Waals surface area contributed by atoms with E-state index in [0.717, 1.165) is 23.7 Å². The molecule has 4 aliphatic rings. The van der Waals surface area contributed by atoms with Gasteiger partial charge in [-0.3, -0.25) is 0 Å². The molecule has 4 rings (SSSR count). The monoisotopic (exact) mass is 576 g/mol. The van der Waals surface area contributed by atoms with E-state index in [1.54, 1.807) is 34.5 Å². The van der Waals surface area contributed by atoms with Gasteiger partial charge >= 0.3 is 30.2 Å². The van der Waals surface area contributed by atoms with Crippen LogP contribution in [0.3, 0.4) is 0 Å². The van der Waals surface area contributed by atoms with Gasteiger partial charge in [0.25, 0.3) is 0 Å². The van der Waals surface area contributed by atoms with Crippen LogP contribution in [0.1, 0.15) is 92.9 Å². The normalized spacial score (nSPS) is 30.4. The van der Waals surface area contributed by atoms with Crippen LogP contribution in [0.2, 0.25) is 0 Å². The average molecular weight is 579 g/mol. The van der Waals surface area contributed by atoms with Gasteiger partial charge in [-0.15, -0.1) is 37.7 Å². The molecule has 0 saturated heterocycles. The Morgan fingerprint density at radius 1 is 0.750 bits per heavy atom. The zero-order chi connectivity index (χ0) is 20.9. The van der Waals surface area contributed by atoms with Gasteiger partial charge in [0.05, 0.1) is 0 Å². The first-order chi connectivity index (χ1) is 13.2. The molecule has 4 heteroatoms. The molecule has 0 nitrogen and oxygen atoms in total. The molecule has 0 heterocycles. The number of hydrogen-bond acceptors (Lipinski definition) is 0. The third-order valence-electron chi connectivity index (χ3n) is 7.67. The van der Waals surface area contributed by atoms with Crippen LogP contribution in [0, 0.1) is 62.2 Å². The summed E-state index contributed by atoms with van der Waals surface area (Å²) in [5.41, 5.74) is 4.41. The molecular formula is C28H52Cl2SiZr-4. The predicted molar refractivity (Wildman–Crippen MR) is 150 cm³/mol. The van der Waals surface area contributed by atoms with Crippen LogP contribution in [0.15, 0.2) is 23.3 Å². The van der Waals surface area contributed by atoms with Gasteiger partial charge in [-0.2, -0.15) is 0 Å². The summed E-state index contributed by atoms with van der Waals surface area (Å²) in [6.07, 6.45) is 20.9. The van der Waals surface area contributed by atoms with Crippen molar-refractivity contribution in [3.05, 3.63) is 51.0 Å². The van der Waals surface area contributed by atoms with Gasteiger partial charge in [0, 0.05) is 0 Å². The number of hydrogen-bond donors (Lipinski definition) is 0. The molecular weight excluding hydrogens is 527 g/mol. The van der Waals surface area contributed by atoms with Crippen LogP contribution in [0.4, 0.5) is 0 Å². The Bertz CT molecular complexity index is 532. The molecule has 2 fully saturated rings. The third-order valence-corrected chi connectivity index (χ3v) is 7.67. The molecule has 0 N–H and O–H groups in total. The third kappa shape index (κ3) is 9.87. The van der Waals surface area contributed by atoms with E-state index >= 15 is 0 Å². The molecule has 190 valence electrons. The summed E-state index contributed by atoms with van der Waals surface area (Å²) in [4.78, 5) is 0. The van der Waals surface area contributed by atoms with Gasteiger partial charge in [-0.25, -0.2) is 36.1 Å². The van der Waals surface area contributed by atoms with Crippen LogP contribution in [0.5, 0.6) is 0 Å². The van der Waals surface area contributed by atoms with Crippen molar-refractivity contribution in [3.8, 4) is 0 Å². The summed E-state index contributed by atoms with van der Waals surface area (Å²) in [5, 5.41) is 0. The van der Waals surface area contributed by atoms with E-state index in [1.165, 1.54) is 51.4 Å². The summed E-state index contributed by atoms with van der Waals surface area (Å²) in [6, 6.07) is 0. The zero-order valence-electron chi connectivity index (χ0n) is 22.3.